The quantitative estimate of drug-likeness (QED) is 0.721. The number of hydrogen-bond acceptors (Lipinski definition) is 3. The Morgan fingerprint density at radius 1 is 1.25 bits per heavy atom. The average molecular weight is 215 g/mol. The third-order valence-corrected chi connectivity index (χ3v) is 2.65. The highest BCUT2D eigenvalue weighted by atomic mass is 16.1. The zero-order valence-electron chi connectivity index (χ0n) is 9.56. The van der Waals surface area contributed by atoms with E-state index in [9.17, 15) is 4.79 Å². The first kappa shape index (κ1) is 10.5. The number of aromatic nitrogens is 3. The van der Waals surface area contributed by atoms with Crippen LogP contribution in [0.5, 0.6) is 0 Å². The first-order valence-electron chi connectivity index (χ1n) is 5.07. The van der Waals surface area contributed by atoms with Gasteiger partial charge in [0.2, 0.25) is 0 Å². The minimum Gasteiger partial charge on any atom is -0.294 e. The Hall–Kier alpha value is -1.97. The van der Waals surface area contributed by atoms with Crippen LogP contribution in [0, 0.1) is 13.8 Å². The standard InChI is InChI=1S/C12H13N3O/c1-8-9(2)15(7-14-8)12-5-4-11(6-13-12)10(3)16/h4-7H,1-3H3. The molecule has 4 heteroatoms. The lowest BCUT2D eigenvalue weighted by molar-refractivity contribution is 0.101. The Morgan fingerprint density at radius 2 is 2.00 bits per heavy atom. The van der Waals surface area contributed by atoms with Crippen LogP contribution in [0.4, 0.5) is 0 Å². The van der Waals surface area contributed by atoms with Crippen molar-refractivity contribution >= 4 is 5.78 Å². The molecule has 0 saturated carbocycles. The molecule has 0 fully saturated rings. The van der Waals surface area contributed by atoms with E-state index in [4.69, 9.17) is 0 Å². The lowest BCUT2D eigenvalue weighted by Gasteiger charge is -2.04. The molecule has 0 atom stereocenters. The molecule has 82 valence electrons. The van der Waals surface area contributed by atoms with Crippen molar-refractivity contribution in [2.75, 3.05) is 0 Å². The van der Waals surface area contributed by atoms with E-state index in [-0.39, 0.29) is 5.78 Å². The molecule has 2 heterocycles. The van der Waals surface area contributed by atoms with Crippen molar-refractivity contribution in [3.63, 3.8) is 0 Å². The molecule has 16 heavy (non-hydrogen) atoms. The molecule has 4 nitrogen and oxygen atoms in total. The summed E-state index contributed by atoms with van der Waals surface area (Å²) in [6.45, 7) is 5.47. The largest absolute Gasteiger partial charge is 0.294 e. The van der Waals surface area contributed by atoms with E-state index in [0.717, 1.165) is 17.2 Å². The fourth-order valence-corrected chi connectivity index (χ4v) is 1.47. The molecule has 0 N–H and O–H groups in total. The van der Waals surface area contributed by atoms with Gasteiger partial charge in [-0.15, -0.1) is 0 Å². The molecule has 0 spiro atoms. The third-order valence-electron chi connectivity index (χ3n) is 2.65. The molecule has 0 saturated heterocycles. The smallest absolute Gasteiger partial charge is 0.161 e. The zero-order chi connectivity index (χ0) is 11.7. The second-order valence-electron chi connectivity index (χ2n) is 3.75. The number of imidazole rings is 1. The summed E-state index contributed by atoms with van der Waals surface area (Å²) in [5, 5.41) is 0. The van der Waals surface area contributed by atoms with Crippen LogP contribution in [0.2, 0.25) is 0 Å². The molecule has 0 radical (unpaired) electrons. The maximum atomic E-state index is 11.1. The number of carbonyl (C=O) groups excluding carboxylic acids is 1. The Kier molecular flexibility index (Phi) is 2.56. The number of rotatable bonds is 2. The Balaban J connectivity index is 2.42. The van der Waals surface area contributed by atoms with Crippen LogP contribution in [0.25, 0.3) is 5.82 Å². The fraction of sp³-hybridized carbons (Fsp3) is 0.250. The molecule has 0 aliphatic rings. The number of nitrogens with zero attached hydrogens (tertiary/aromatic N) is 3. The monoisotopic (exact) mass is 215 g/mol. The van der Waals surface area contributed by atoms with Gasteiger partial charge in [-0.1, -0.05) is 0 Å². The predicted octanol–water partition coefficient (Wildman–Crippen LogP) is 2.09. The number of hydrogen-bond donors (Lipinski definition) is 0. The van der Waals surface area contributed by atoms with Gasteiger partial charge in [0, 0.05) is 17.5 Å². The van der Waals surface area contributed by atoms with Crippen molar-refractivity contribution in [1.29, 1.82) is 0 Å². The Morgan fingerprint density at radius 3 is 2.44 bits per heavy atom. The minimum atomic E-state index is 0.0255. The fourth-order valence-electron chi connectivity index (χ4n) is 1.47. The summed E-state index contributed by atoms with van der Waals surface area (Å²) < 4.78 is 1.90. The van der Waals surface area contributed by atoms with Crippen LogP contribution in [-0.2, 0) is 0 Å². The van der Waals surface area contributed by atoms with Crippen LogP contribution in [0.3, 0.4) is 0 Å². The average Bonchev–Trinajstić information content (AvgIpc) is 2.60. The number of aryl methyl sites for hydroxylation is 1. The summed E-state index contributed by atoms with van der Waals surface area (Å²) >= 11 is 0. The highest BCUT2D eigenvalue weighted by Gasteiger charge is 2.06. The number of carbonyl (C=O) groups is 1. The van der Waals surface area contributed by atoms with Crippen LogP contribution < -0.4 is 0 Å². The molecule has 0 bridgehead atoms. The first-order chi connectivity index (χ1) is 7.59. The summed E-state index contributed by atoms with van der Waals surface area (Å²) in [7, 11) is 0. The third kappa shape index (κ3) is 1.74. The van der Waals surface area contributed by atoms with Gasteiger partial charge in [-0.2, -0.15) is 0 Å². The van der Waals surface area contributed by atoms with E-state index in [1.54, 1.807) is 18.6 Å². The molecule has 2 aromatic rings. The van der Waals surface area contributed by atoms with Gasteiger partial charge in [0.15, 0.2) is 5.78 Å². The normalized spacial score (nSPS) is 10.4. The summed E-state index contributed by atoms with van der Waals surface area (Å²) in [6, 6.07) is 3.60. The van der Waals surface area contributed by atoms with E-state index in [2.05, 4.69) is 9.97 Å². The molecule has 2 aromatic heterocycles. The Bertz CT molecular complexity index is 526. The van der Waals surface area contributed by atoms with Gasteiger partial charge < -0.3 is 0 Å². The number of ketones is 1. The van der Waals surface area contributed by atoms with Crippen molar-refractivity contribution in [1.82, 2.24) is 14.5 Å². The van der Waals surface area contributed by atoms with Crippen molar-refractivity contribution in [2.45, 2.75) is 20.8 Å². The highest BCUT2D eigenvalue weighted by molar-refractivity contribution is 5.93. The summed E-state index contributed by atoms with van der Waals surface area (Å²) in [6.07, 6.45) is 3.33. The van der Waals surface area contributed by atoms with Gasteiger partial charge in [-0.05, 0) is 32.9 Å². The lowest BCUT2D eigenvalue weighted by atomic mass is 10.2. The maximum Gasteiger partial charge on any atom is 0.161 e. The summed E-state index contributed by atoms with van der Waals surface area (Å²) in [5.41, 5.74) is 2.67. The molecule has 0 aromatic carbocycles. The molecular formula is C12H13N3O. The van der Waals surface area contributed by atoms with Crippen LogP contribution in [0.15, 0.2) is 24.7 Å². The molecule has 2 rings (SSSR count). The lowest BCUT2D eigenvalue weighted by Crippen LogP contribution is -2.00. The van der Waals surface area contributed by atoms with Crippen LogP contribution in [-0.4, -0.2) is 20.3 Å². The van der Waals surface area contributed by atoms with Gasteiger partial charge in [0.1, 0.15) is 12.1 Å². The predicted molar refractivity (Wildman–Crippen MR) is 60.8 cm³/mol. The van der Waals surface area contributed by atoms with Gasteiger partial charge in [0.05, 0.1) is 5.69 Å². The molecular weight excluding hydrogens is 202 g/mol. The van der Waals surface area contributed by atoms with Crippen molar-refractivity contribution in [3.05, 3.63) is 41.6 Å². The molecule has 0 aliphatic carbocycles. The van der Waals surface area contributed by atoms with Gasteiger partial charge in [-0.25, -0.2) is 9.97 Å². The Labute approximate surface area is 94.0 Å². The van der Waals surface area contributed by atoms with Gasteiger partial charge in [0.25, 0.3) is 0 Å². The topological polar surface area (TPSA) is 47.8 Å². The van der Waals surface area contributed by atoms with Gasteiger partial charge >= 0.3 is 0 Å². The summed E-state index contributed by atoms with van der Waals surface area (Å²) in [5.74, 6) is 0.806. The number of Topliss-reactive ketones (excluding diaryl/α,β-unsaturated/α-hetero) is 1. The van der Waals surface area contributed by atoms with Crippen molar-refractivity contribution in [3.8, 4) is 5.82 Å². The maximum absolute atomic E-state index is 11.1. The van der Waals surface area contributed by atoms with E-state index in [1.165, 1.54) is 6.92 Å². The van der Waals surface area contributed by atoms with E-state index in [1.807, 2.05) is 24.5 Å². The van der Waals surface area contributed by atoms with Crippen molar-refractivity contribution < 1.29 is 4.79 Å². The van der Waals surface area contributed by atoms with Crippen molar-refractivity contribution in [2.24, 2.45) is 0 Å². The van der Waals surface area contributed by atoms with Gasteiger partial charge in [-0.3, -0.25) is 9.36 Å². The molecule has 0 aliphatic heterocycles. The molecule has 0 unspecified atom stereocenters. The molecule has 0 amide bonds. The minimum absolute atomic E-state index is 0.0255. The zero-order valence-corrected chi connectivity index (χ0v) is 9.56. The SMILES string of the molecule is CC(=O)c1ccc(-n2cnc(C)c2C)nc1. The number of pyridine rings is 1. The first-order valence-corrected chi connectivity index (χ1v) is 5.07. The second-order valence-corrected chi connectivity index (χ2v) is 3.75. The van der Waals surface area contributed by atoms with Crippen LogP contribution in [0.1, 0.15) is 28.7 Å². The van der Waals surface area contributed by atoms with E-state index >= 15 is 0 Å². The highest BCUT2D eigenvalue weighted by Crippen LogP contribution is 2.11. The second kappa shape index (κ2) is 3.89. The summed E-state index contributed by atoms with van der Waals surface area (Å²) in [4.78, 5) is 19.6. The van der Waals surface area contributed by atoms with E-state index < -0.39 is 0 Å². The van der Waals surface area contributed by atoms with Crippen LogP contribution >= 0.6 is 0 Å². The van der Waals surface area contributed by atoms with E-state index in [0.29, 0.717) is 5.56 Å².